The number of carbonyl (C=O) groups excluding carboxylic acids is 3. The topological polar surface area (TPSA) is 267 Å². The van der Waals surface area contributed by atoms with Crippen molar-refractivity contribution in [2.24, 2.45) is 0 Å². The zero-order valence-corrected chi connectivity index (χ0v) is 24.2. The molecule has 18 nitrogen and oxygen atoms in total. The van der Waals surface area contributed by atoms with Crippen molar-refractivity contribution in [1.82, 2.24) is 0 Å². The van der Waals surface area contributed by atoms with Crippen LogP contribution in [0.25, 0.3) is 0 Å². The molecule has 4 aromatic rings. The lowest BCUT2D eigenvalue weighted by Gasteiger charge is -2.10. The first-order valence-corrected chi connectivity index (χ1v) is 12.7. The number of rotatable bonds is 9. The number of benzene rings is 4. The zero-order valence-electron chi connectivity index (χ0n) is 24.2. The first-order chi connectivity index (χ1) is 22.0. The third-order valence-electron chi connectivity index (χ3n) is 5.74. The van der Waals surface area contributed by atoms with E-state index in [4.69, 9.17) is 20.2 Å². The molecule has 4 aromatic carbocycles. The third kappa shape index (κ3) is 10.5. The van der Waals surface area contributed by atoms with Gasteiger partial charge in [0.05, 0.1) is 14.8 Å². The van der Waals surface area contributed by atoms with Crippen LogP contribution in [0, 0.1) is 50.6 Å². The molecule has 0 atom stereocenters. The van der Waals surface area contributed by atoms with E-state index in [0.29, 0.717) is 0 Å². The van der Waals surface area contributed by atoms with E-state index in [9.17, 15) is 44.7 Å². The Morgan fingerprint density at radius 2 is 0.553 bits per heavy atom. The first kappa shape index (κ1) is 36.1. The van der Waals surface area contributed by atoms with Crippen molar-refractivity contribution < 1.29 is 39.0 Å². The maximum absolute atomic E-state index is 13.2. The molecule has 0 amide bonds. The average molecular weight is 648 g/mol. The molecule has 4 rings (SSSR count). The summed E-state index contributed by atoms with van der Waals surface area (Å²) in [5.41, 5.74) is -0.712. The Morgan fingerprint density at radius 3 is 0.702 bits per heavy atom. The van der Waals surface area contributed by atoms with E-state index < -0.39 is 42.0 Å². The monoisotopic (exact) mass is 647 g/mol. The van der Waals surface area contributed by atoms with Gasteiger partial charge in [0, 0.05) is 79.6 Å². The molecule has 0 saturated heterocycles. The number of non-ortho nitro benzene ring substituents is 3. The van der Waals surface area contributed by atoms with Gasteiger partial charge in [-0.05, 0) is 54.6 Å². The van der Waals surface area contributed by atoms with E-state index in [1.807, 2.05) is 0 Å². The van der Waals surface area contributed by atoms with Crippen molar-refractivity contribution in [2.45, 2.75) is 0 Å². The van der Waals surface area contributed by atoms with Crippen LogP contribution in [0.2, 0.25) is 0 Å². The van der Waals surface area contributed by atoms with Crippen molar-refractivity contribution in [3.63, 3.8) is 0 Å². The van der Waals surface area contributed by atoms with Crippen molar-refractivity contribution in [3.05, 3.63) is 175 Å². The van der Waals surface area contributed by atoms with Crippen LogP contribution in [0.5, 0.6) is 0 Å². The van der Waals surface area contributed by atoms with Crippen LogP contribution in [-0.4, -0.2) is 56.1 Å². The molecule has 0 N–H and O–H groups in total. The summed E-state index contributed by atoms with van der Waals surface area (Å²) in [5.74, 6) is -1.87. The highest BCUT2D eigenvalue weighted by Gasteiger charge is 2.21. The number of carbonyl (C=O) groups is 3. The second-order valence-electron chi connectivity index (χ2n) is 9.08. The maximum Gasteiger partial charge on any atom is 0.269 e. The Bertz CT molecular complexity index is 1640. The summed E-state index contributed by atoms with van der Waals surface area (Å²) in [4.78, 5) is 87.3. The van der Waals surface area contributed by atoms with E-state index in [2.05, 4.69) is 0 Å². The van der Waals surface area contributed by atoms with Gasteiger partial charge in [0.25, 0.3) is 17.1 Å². The van der Waals surface area contributed by atoms with Crippen LogP contribution < -0.4 is 0 Å². The fraction of sp³-hybridized carbons (Fsp3) is 0.0690. The lowest BCUT2D eigenvalue weighted by molar-refractivity contribution is -0.445. The van der Waals surface area contributed by atoms with Crippen LogP contribution in [0.1, 0.15) is 47.8 Å². The molecule has 0 radical (unpaired) electrons. The van der Waals surface area contributed by atoms with Crippen LogP contribution in [0.3, 0.4) is 0 Å². The second kappa shape index (κ2) is 16.1. The standard InChI is InChI=1S/C27H15N3O9.2CH3NO2/c31-25(16-1-7-22(8-2-16)28(34)35)19-13-20(26(32)17-3-9-23(10-4-17)29(36)37)15-21(14-19)27(33)18-5-11-24(12-6-18)30(38)39;2*1-2(3)4/h1-15H;2*1H3. The summed E-state index contributed by atoms with van der Waals surface area (Å²) in [5, 5.41) is 50.5. The molecule has 0 aromatic heterocycles. The van der Waals surface area contributed by atoms with E-state index >= 15 is 0 Å². The van der Waals surface area contributed by atoms with E-state index in [1.54, 1.807) is 0 Å². The fourth-order valence-electron chi connectivity index (χ4n) is 3.72. The van der Waals surface area contributed by atoms with Crippen molar-refractivity contribution >= 4 is 34.4 Å². The molecule has 0 saturated carbocycles. The van der Waals surface area contributed by atoms with Gasteiger partial charge >= 0.3 is 0 Å². The molecule has 0 heterocycles. The molecule has 0 fully saturated rings. The van der Waals surface area contributed by atoms with Crippen molar-refractivity contribution in [2.75, 3.05) is 14.1 Å². The minimum Gasteiger partial charge on any atom is -0.289 e. The summed E-state index contributed by atoms with van der Waals surface area (Å²) < 4.78 is 0. The predicted molar refractivity (Wildman–Crippen MR) is 162 cm³/mol. The molecular formula is C29H21N5O13. The highest BCUT2D eigenvalue weighted by molar-refractivity contribution is 6.17. The summed E-state index contributed by atoms with van der Waals surface area (Å²) >= 11 is 0. The van der Waals surface area contributed by atoms with Crippen molar-refractivity contribution in [3.8, 4) is 0 Å². The van der Waals surface area contributed by atoms with Gasteiger partial charge in [-0.2, -0.15) is 0 Å². The molecule has 0 aliphatic heterocycles. The number of nitro benzene ring substituents is 3. The Hall–Kier alpha value is -7.11. The van der Waals surface area contributed by atoms with E-state index in [0.717, 1.165) is 50.5 Å². The Labute approximate surface area is 262 Å². The van der Waals surface area contributed by atoms with Gasteiger partial charge in [-0.25, -0.2) is 0 Å². The third-order valence-corrected chi connectivity index (χ3v) is 5.74. The molecule has 0 bridgehead atoms. The smallest absolute Gasteiger partial charge is 0.269 e. The Morgan fingerprint density at radius 1 is 0.383 bits per heavy atom. The Balaban J connectivity index is 0.000000862. The van der Waals surface area contributed by atoms with Gasteiger partial charge in [-0.1, -0.05) is 0 Å². The lowest BCUT2D eigenvalue weighted by Crippen LogP contribution is -2.11. The van der Waals surface area contributed by atoms with Gasteiger partial charge in [0.2, 0.25) is 0 Å². The zero-order chi connectivity index (χ0) is 35.4. The Kier molecular flexibility index (Phi) is 12.4. The first-order valence-electron chi connectivity index (χ1n) is 12.7. The average Bonchev–Trinajstić information content (AvgIpc) is 3.03. The minimum atomic E-state index is -0.626. The molecule has 240 valence electrons. The summed E-state index contributed by atoms with van der Waals surface area (Å²) in [6, 6.07) is 18.0. The SMILES string of the molecule is C[N+](=O)[O-].C[N+](=O)[O-].O=C(c1ccc([N+](=O)[O-])cc1)c1cc(C(=O)c2ccc([N+](=O)[O-])cc2)cc(C(=O)c2ccc([N+](=O)[O-])cc2)c1. The van der Waals surface area contributed by atoms with Crippen LogP contribution in [-0.2, 0) is 0 Å². The van der Waals surface area contributed by atoms with Gasteiger partial charge in [-0.3, -0.25) is 65.0 Å². The van der Waals surface area contributed by atoms with Gasteiger partial charge < -0.3 is 0 Å². The fourth-order valence-corrected chi connectivity index (χ4v) is 3.72. The number of nitro groups is 5. The molecular weight excluding hydrogens is 626 g/mol. The molecule has 0 spiro atoms. The summed E-state index contributed by atoms with van der Waals surface area (Å²) in [7, 11) is 1.78. The number of hydrogen-bond donors (Lipinski definition) is 0. The highest BCUT2D eigenvalue weighted by atomic mass is 16.6. The van der Waals surface area contributed by atoms with Crippen molar-refractivity contribution in [1.29, 1.82) is 0 Å². The predicted octanol–water partition coefficient (Wildman–Crippen LogP) is 4.89. The number of hydrogen-bond acceptors (Lipinski definition) is 13. The highest BCUT2D eigenvalue weighted by Crippen LogP contribution is 2.23. The minimum absolute atomic E-state index is 0.0641. The molecule has 18 heteroatoms. The van der Waals surface area contributed by atoms with Gasteiger partial charge in [0.1, 0.15) is 0 Å². The molecule has 47 heavy (non-hydrogen) atoms. The number of nitrogens with zero attached hydrogens (tertiary/aromatic N) is 5. The van der Waals surface area contributed by atoms with Crippen LogP contribution in [0.4, 0.5) is 17.1 Å². The summed E-state index contributed by atoms with van der Waals surface area (Å²) in [6.07, 6.45) is 0. The lowest BCUT2D eigenvalue weighted by atomic mass is 9.92. The number of ketones is 3. The summed E-state index contributed by atoms with van der Waals surface area (Å²) in [6.45, 7) is 0. The molecule has 0 aliphatic rings. The maximum atomic E-state index is 13.2. The quantitative estimate of drug-likeness (QED) is 0.133. The normalized spacial score (nSPS) is 9.74. The molecule has 0 unspecified atom stereocenters. The van der Waals surface area contributed by atoms with E-state index in [1.165, 1.54) is 54.6 Å². The van der Waals surface area contributed by atoms with Crippen LogP contribution >= 0.6 is 0 Å². The van der Waals surface area contributed by atoms with Gasteiger partial charge in [-0.15, -0.1) is 0 Å². The van der Waals surface area contributed by atoms with E-state index in [-0.39, 0.29) is 50.4 Å². The second-order valence-corrected chi connectivity index (χ2v) is 9.08. The largest absolute Gasteiger partial charge is 0.289 e. The van der Waals surface area contributed by atoms with Crippen LogP contribution in [0.15, 0.2) is 91.0 Å². The van der Waals surface area contributed by atoms with Gasteiger partial charge in [0.15, 0.2) is 31.4 Å². The molecule has 0 aliphatic carbocycles.